The third kappa shape index (κ3) is 1.69. The van der Waals surface area contributed by atoms with Crippen LogP contribution in [0.3, 0.4) is 0 Å². The molecule has 0 amide bonds. The maximum absolute atomic E-state index is 6.87. The largest absolute Gasteiger partial charge is 0.326 e. The highest BCUT2D eigenvalue weighted by Crippen LogP contribution is 2.60. The molecule has 8 aliphatic rings. The van der Waals surface area contributed by atoms with E-state index in [2.05, 4.69) is 5.32 Å². The van der Waals surface area contributed by atoms with Crippen LogP contribution in [-0.2, 0) is 0 Å². The minimum atomic E-state index is 0.334. The predicted molar refractivity (Wildman–Crippen MR) is 88.3 cm³/mol. The minimum absolute atomic E-state index is 0.334. The van der Waals surface area contributed by atoms with E-state index < -0.39 is 0 Å². The van der Waals surface area contributed by atoms with Crippen molar-refractivity contribution in [2.45, 2.75) is 87.7 Å². The van der Waals surface area contributed by atoms with Gasteiger partial charge in [0.2, 0.25) is 0 Å². The molecule has 0 aromatic rings. The summed E-state index contributed by atoms with van der Waals surface area (Å²) in [5, 5.41) is 4.39. The third-order valence-corrected chi connectivity index (χ3v) is 8.94. The summed E-state index contributed by atoms with van der Waals surface area (Å²) in [4.78, 5) is 0. The van der Waals surface area contributed by atoms with E-state index in [1.165, 1.54) is 51.4 Å². The molecule has 8 saturated carbocycles. The zero-order chi connectivity index (χ0) is 14.5. The maximum Gasteiger partial charge on any atom is 0.0345 e. The predicted octanol–water partition coefficient (Wildman–Crippen LogP) is 3.45. The van der Waals surface area contributed by atoms with Gasteiger partial charge in [0.05, 0.1) is 0 Å². The van der Waals surface area contributed by atoms with Gasteiger partial charge < -0.3 is 11.1 Å². The summed E-state index contributed by atoms with van der Waals surface area (Å²) >= 11 is 0. The van der Waals surface area contributed by atoms with Crippen LogP contribution in [0.4, 0.5) is 0 Å². The molecule has 22 heavy (non-hydrogen) atoms. The Bertz CT molecular complexity index is 449. The van der Waals surface area contributed by atoms with Gasteiger partial charge in [0.15, 0.2) is 0 Å². The van der Waals surface area contributed by atoms with Crippen molar-refractivity contribution >= 4 is 0 Å². The number of rotatable bonds is 2. The highest BCUT2D eigenvalue weighted by atomic mass is 15.1. The molecule has 0 radical (unpaired) electrons. The van der Waals surface area contributed by atoms with Crippen LogP contribution >= 0.6 is 0 Å². The van der Waals surface area contributed by atoms with Gasteiger partial charge in [0.25, 0.3) is 0 Å². The Balaban J connectivity index is 1.33. The van der Waals surface area contributed by atoms with E-state index in [4.69, 9.17) is 5.73 Å². The highest BCUT2D eigenvalue weighted by Gasteiger charge is 2.60. The lowest BCUT2D eigenvalue weighted by Gasteiger charge is -2.66. The van der Waals surface area contributed by atoms with Gasteiger partial charge in [-0.15, -0.1) is 0 Å². The second-order valence-corrected chi connectivity index (χ2v) is 10.6. The molecule has 3 N–H and O–H groups in total. The van der Waals surface area contributed by atoms with Crippen molar-refractivity contribution in [2.24, 2.45) is 41.2 Å². The van der Waals surface area contributed by atoms with Crippen molar-refractivity contribution < 1.29 is 0 Å². The number of nitrogens with two attached hydrogens (primary N) is 1. The summed E-state index contributed by atoms with van der Waals surface area (Å²) in [6.07, 6.45) is 16.3. The second kappa shape index (κ2) is 4.11. The summed E-state index contributed by atoms with van der Waals surface area (Å²) in [6.45, 7) is 0. The van der Waals surface area contributed by atoms with E-state index >= 15 is 0 Å². The van der Waals surface area contributed by atoms with Gasteiger partial charge in [0, 0.05) is 17.1 Å². The van der Waals surface area contributed by atoms with Crippen LogP contribution in [0, 0.1) is 35.5 Å². The molecule has 8 rings (SSSR count). The van der Waals surface area contributed by atoms with Crippen molar-refractivity contribution in [1.82, 2.24) is 5.32 Å². The first-order valence-corrected chi connectivity index (χ1v) is 10.2. The first kappa shape index (κ1) is 13.2. The Hall–Kier alpha value is -0.0800. The zero-order valence-electron chi connectivity index (χ0n) is 13.9. The van der Waals surface area contributed by atoms with E-state index in [0.29, 0.717) is 17.1 Å². The molecule has 0 aromatic heterocycles. The summed E-state index contributed by atoms with van der Waals surface area (Å²) in [7, 11) is 0. The normalized spacial score (nSPS) is 64.5. The summed E-state index contributed by atoms with van der Waals surface area (Å²) < 4.78 is 0. The average molecular weight is 300 g/mol. The molecular formula is C20H32N2. The second-order valence-electron chi connectivity index (χ2n) is 10.6. The summed E-state index contributed by atoms with van der Waals surface area (Å²) in [5.74, 6) is 5.97. The van der Waals surface area contributed by atoms with Gasteiger partial charge in [-0.3, -0.25) is 0 Å². The zero-order valence-corrected chi connectivity index (χ0v) is 13.9. The fourth-order valence-electron chi connectivity index (χ4n) is 9.06. The topological polar surface area (TPSA) is 38.0 Å². The Morgan fingerprint density at radius 3 is 1.59 bits per heavy atom. The molecule has 8 bridgehead atoms. The molecule has 0 heterocycles. The van der Waals surface area contributed by atoms with Crippen LogP contribution in [0.15, 0.2) is 0 Å². The van der Waals surface area contributed by atoms with Crippen molar-refractivity contribution in [3.63, 3.8) is 0 Å². The van der Waals surface area contributed by atoms with Crippen molar-refractivity contribution in [3.8, 4) is 0 Å². The molecule has 2 heteroatoms. The molecule has 8 aliphatic carbocycles. The van der Waals surface area contributed by atoms with Crippen molar-refractivity contribution in [2.75, 3.05) is 0 Å². The smallest absolute Gasteiger partial charge is 0.0345 e. The molecule has 8 fully saturated rings. The standard InChI is InChI=1S/C20H32N2/c21-18-17-5-15-4-16(6-17)11-20(18,10-15)22-19-7-12-1-13(8-19)3-14(2-12)9-19/h12-18,22H,1-11,21H2. The molecule has 3 atom stereocenters. The number of hydrogen-bond donors (Lipinski definition) is 2. The van der Waals surface area contributed by atoms with Gasteiger partial charge in [-0.1, -0.05) is 0 Å². The molecule has 2 nitrogen and oxygen atoms in total. The Morgan fingerprint density at radius 2 is 1.09 bits per heavy atom. The van der Waals surface area contributed by atoms with Crippen LogP contribution in [-0.4, -0.2) is 17.1 Å². The fraction of sp³-hybridized carbons (Fsp3) is 1.00. The van der Waals surface area contributed by atoms with Gasteiger partial charge in [-0.2, -0.15) is 0 Å². The maximum atomic E-state index is 6.87. The average Bonchev–Trinajstić information content (AvgIpc) is 2.41. The summed E-state index contributed by atoms with van der Waals surface area (Å²) in [6, 6.07) is 0.452. The Labute approximate surface area is 135 Å². The molecular weight excluding hydrogens is 268 g/mol. The van der Waals surface area contributed by atoms with Crippen LogP contribution < -0.4 is 11.1 Å². The lowest BCUT2D eigenvalue weighted by molar-refractivity contribution is -0.0916. The van der Waals surface area contributed by atoms with E-state index in [-0.39, 0.29) is 0 Å². The molecule has 0 aromatic carbocycles. The van der Waals surface area contributed by atoms with E-state index in [9.17, 15) is 0 Å². The van der Waals surface area contributed by atoms with E-state index in [1.54, 1.807) is 19.3 Å². The van der Waals surface area contributed by atoms with Crippen LogP contribution in [0.2, 0.25) is 0 Å². The Morgan fingerprint density at radius 1 is 0.636 bits per heavy atom. The third-order valence-electron chi connectivity index (χ3n) is 8.94. The summed E-state index contributed by atoms with van der Waals surface area (Å²) in [5.41, 5.74) is 7.70. The highest BCUT2D eigenvalue weighted by molar-refractivity contribution is 5.18. The monoisotopic (exact) mass is 300 g/mol. The SMILES string of the molecule is NC1C2CC3CC(C2)CC1(NC12CC4CC(CC(C4)C1)C2)C3. The molecule has 0 saturated heterocycles. The van der Waals surface area contributed by atoms with Crippen molar-refractivity contribution in [1.29, 1.82) is 0 Å². The van der Waals surface area contributed by atoms with Crippen LogP contribution in [0.5, 0.6) is 0 Å². The number of nitrogens with one attached hydrogen (secondary N) is 1. The molecule has 0 spiro atoms. The minimum Gasteiger partial charge on any atom is -0.326 e. The Kier molecular flexibility index (Phi) is 2.48. The van der Waals surface area contributed by atoms with Gasteiger partial charge in [0.1, 0.15) is 0 Å². The van der Waals surface area contributed by atoms with Gasteiger partial charge in [-0.25, -0.2) is 0 Å². The lowest BCUT2D eigenvalue weighted by atomic mass is 9.48. The van der Waals surface area contributed by atoms with Crippen LogP contribution in [0.1, 0.15) is 70.6 Å². The van der Waals surface area contributed by atoms with E-state index in [1.807, 2.05) is 0 Å². The van der Waals surface area contributed by atoms with Gasteiger partial charge in [-0.05, 0) is 106 Å². The molecule has 122 valence electrons. The van der Waals surface area contributed by atoms with E-state index in [0.717, 1.165) is 35.5 Å². The molecule has 0 aliphatic heterocycles. The molecule has 3 unspecified atom stereocenters. The first-order chi connectivity index (χ1) is 10.6. The fourth-order valence-corrected chi connectivity index (χ4v) is 9.06. The van der Waals surface area contributed by atoms with Crippen molar-refractivity contribution in [3.05, 3.63) is 0 Å². The first-order valence-electron chi connectivity index (χ1n) is 10.2. The lowest BCUT2D eigenvalue weighted by Crippen LogP contribution is -2.75. The van der Waals surface area contributed by atoms with Gasteiger partial charge >= 0.3 is 0 Å². The quantitative estimate of drug-likeness (QED) is 0.820. The number of hydrogen-bond acceptors (Lipinski definition) is 2. The van der Waals surface area contributed by atoms with Crippen LogP contribution in [0.25, 0.3) is 0 Å².